The summed E-state index contributed by atoms with van der Waals surface area (Å²) < 4.78 is 2.43. The van der Waals surface area contributed by atoms with Crippen LogP contribution in [0.2, 0.25) is 0 Å². The first-order valence-corrected chi connectivity index (χ1v) is 7.25. The summed E-state index contributed by atoms with van der Waals surface area (Å²) in [6.45, 7) is 0.579. The maximum atomic E-state index is 12.3. The Morgan fingerprint density at radius 2 is 1.90 bits per heavy atom. The van der Waals surface area contributed by atoms with E-state index in [2.05, 4.69) is 0 Å². The predicted octanol–water partition coefficient (Wildman–Crippen LogP) is 3.21. The molecule has 0 unspecified atom stereocenters. The normalized spacial score (nSPS) is 10.9. The molecule has 106 valence electrons. The van der Waals surface area contributed by atoms with Crippen LogP contribution in [0.1, 0.15) is 5.56 Å². The van der Waals surface area contributed by atoms with E-state index in [1.165, 1.54) is 23.7 Å². The lowest BCUT2D eigenvalue weighted by Gasteiger charge is -2.00. The van der Waals surface area contributed by atoms with E-state index in [-0.39, 0.29) is 11.2 Å². The molecule has 1 aromatic heterocycles. The molecule has 0 saturated carbocycles. The number of hydrogen-bond donors (Lipinski definition) is 0. The van der Waals surface area contributed by atoms with E-state index < -0.39 is 4.92 Å². The summed E-state index contributed by atoms with van der Waals surface area (Å²) in [6.07, 6.45) is 0.760. The van der Waals surface area contributed by atoms with Gasteiger partial charge < -0.3 is 0 Å². The van der Waals surface area contributed by atoms with Crippen LogP contribution in [0.5, 0.6) is 0 Å². The molecule has 2 aromatic carbocycles. The minimum absolute atomic E-state index is 0.0485. The Morgan fingerprint density at radius 3 is 2.62 bits per heavy atom. The topological polar surface area (TPSA) is 65.1 Å². The highest BCUT2D eigenvalue weighted by atomic mass is 32.1. The molecule has 0 fully saturated rings. The fourth-order valence-corrected chi connectivity index (χ4v) is 3.17. The van der Waals surface area contributed by atoms with Gasteiger partial charge in [0.25, 0.3) is 11.2 Å². The van der Waals surface area contributed by atoms with Gasteiger partial charge in [0.05, 0.1) is 15.0 Å². The molecule has 0 radical (unpaired) electrons. The largest absolute Gasteiger partial charge is 0.270 e. The summed E-state index contributed by atoms with van der Waals surface area (Å²) in [5, 5.41) is 11.2. The van der Waals surface area contributed by atoms with Gasteiger partial charge in [-0.05, 0) is 18.1 Å². The third-order valence-electron chi connectivity index (χ3n) is 3.29. The van der Waals surface area contributed by atoms with Gasteiger partial charge in [0.1, 0.15) is 0 Å². The molecule has 3 rings (SSSR count). The maximum absolute atomic E-state index is 12.3. The smallest absolute Gasteiger partial charge is 0.268 e. The van der Waals surface area contributed by atoms with Crippen LogP contribution in [0.15, 0.2) is 53.3 Å². The molecule has 0 saturated heterocycles. The standard InChI is InChI=1S/C15H12N2O3S/c18-15-13-10-12(17(19)20)6-7-14(13)21-16(15)9-8-11-4-2-1-3-5-11/h1-7,10H,8-9H2. The second-order valence-electron chi connectivity index (χ2n) is 4.67. The van der Waals surface area contributed by atoms with Gasteiger partial charge in [0.2, 0.25) is 0 Å². The predicted molar refractivity (Wildman–Crippen MR) is 82.9 cm³/mol. The molecule has 3 aromatic rings. The summed E-state index contributed by atoms with van der Waals surface area (Å²) >= 11 is 1.35. The Hall–Kier alpha value is -2.47. The summed E-state index contributed by atoms with van der Waals surface area (Å²) in [5.74, 6) is 0. The number of benzene rings is 2. The Bertz CT molecular complexity index is 852. The number of nitrogens with zero attached hydrogens (tertiary/aromatic N) is 2. The van der Waals surface area contributed by atoms with Crippen molar-refractivity contribution in [2.45, 2.75) is 13.0 Å². The fraction of sp³-hybridized carbons (Fsp3) is 0.133. The summed E-state index contributed by atoms with van der Waals surface area (Å²) in [4.78, 5) is 22.6. The van der Waals surface area contributed by atoms with Gasteiger partial charge in [-0.2, -0.15) is 0 Å². The first-order valence-electron chi connectivity index (χ1n) is 6.47. The second kappa shape index (κ2) is 5.49. The molecule has 0 spiro atoms. The van der Waals surface area contributed by atoms with Crippen molar-refractivity contribution in [2.24, 2.45) is 0 Å². The Balaban J connectivity index is 1.91. The van der Waals surface area contributed by atoms with Gasteiger partial charge >= 0.3 is 0 Å². The lowest BCUT2D eigenvalue weighted by Crippen LogP contribution is -2.14. The van der Waals surface area contributed by atoms with Gasteiger partial charge in [-0.1, -0.05) is 41.9 Å². The van der Waals surface area contributed by atoms with E-state index >= 15 is 0 Å². The van der Waals surface area contributed by atoms with Gasteiger partial charge in [0.15, 0.2) is 0 Å². The van der Waals surface area contributed by atoms with Crippen molar-refractivity contribution in [3.8, 4) is 0 Å². The number of rotatable bonds is 4. The second-order valence-corrected chi connectivity index (χ2v) is 5.73. The van der Waals surface area contributed by atoms with E-state index in [1.807, 2.05) is 30.3 Å². The van der Waals surface area contributed by atoms with Crippen LogP contribution >= 0.6 is 11.5 Å². The van der Waals surface area contributed by atoms with Crippen LogP contribution in [0, 0.1) is 10.1 Å². The van der Waals surface area contributed by atoms with Crippen molar-refractivity contribution in [3.63, 3.8) is 0 Å². The van der Waals surface area contributed by atoms with Crippen LogP contribution in [0.25, 0.3) is 10.1 Å². The molecule has 0 amide bonds. The first kappa shape index (κ1) is 13.5. The van der Waals surface area contributed by atoms with Crippen LogP contribution in [0.3, 0.4) is 0 Å². The van der Waals surface area contributed by atoms with Crippen molar-refractivity contribution < 1.29 is 4.92 Å². The minimum Gasteiger partial charge on any atom is -0.268 e. The molecule has 21 heavy (non-hydrogen) atoms. The van der Waals surface area contributed by atoms with E-state index in [9.17, 15) is 14.9 Å². The van der Waals surface area contributed by atoms with Crippen molar-refractivity contribution in [2.75, 3.05) is 0 Å². The third kappa shape index (κ3) is 2.71. The van der Waals surface area contributed by atoms with E-state index in [0.29, 0.717) is 11.9 Å². The van der Waals surface area contributed by atoms with Crippen LogP contribution < -0.4 is 5.56 Å². The summed E-state index contributed by atoms with van der Waals surface area (Å²) in [5.41, 5.74) is 0.954. The van der Waals surface area contributed by atoms with Crippen molar-refractivity contribution in [3.05, 3.63) is 74.6 Å². The molecule has 0 aliphatic heterocycles. The Morgan fingerprint density at radius 1 is 1.14 bits per heavy atom. The monoisotopic (exact) mass is 300 g/mol. The summed E-state index contributed by atoms with van der Waals surface area (Å²) in [6, 6.07) is 14.3. The highest BCUT2D eigenvalue weighted by molar-refractivity contribution is 7.13. The molecule has 6 heteroatoms. The number of aryl methyl sites for hydroxylation is 2. The number of aromatic nitrogens is 1. The SMILES string of the molecule is O=c1c2cc([N+](=O)[O-])ccc2sn1CCc1ccccc1. The Kier molecular flexibility index (Phi) is 3.53. The molecule has 0 atom stereocenters. The molecule has 0 N–H and O–H groups in total. The van der Waals surface area contributed by atoms with E-state index in [1.54, 1.807) is 10.0 Å². The first-order chi connectivity index (χ1) is 10.1. The highest BCUT2D eigenvalue weighted by Crippen LogP contribution is 2.22. The van der Waals surface area contributed by atoms with Gasteiger partial charge in [0, 0.05) is 18.7 Å². The molecule has 0 bridgehead atoms. The Labute approximate surface area is 124 Å². The van der Waals surface area contributed by atoms with Crippen LogP contribution in [-0.4, -0.2) is 8.88 Å². The van der Waals surface area contributed by atoms with Crippen molar-refractivity contribution >= 4 is 27.3 Å². The zero-order valence-electron chi connectivity index (χ0n) is 11.1. The minimum atomic E-state index is -0.481. The quantitative estimate of drug-likeness (QED) is 0.549. The van der Waals surface area contributed by atoms with E-state index in [4.69, 9.17) is 0 Å². The average molecular weight is 300 g/mol. The van der Waals surface area contributed by atoms with Crippen molar-refractivity contribution in [1.29, 1.82) is 0 Å². The lowest BCUT2D eigenvalue weighted by molar-refractivity contribution is -0.384. The third-order valence-corrected chi connectivity index (χ3v) is 4.41. The number of hydrogen-bond acceptors (Lipinski definition) is 4. The number of nitro groups is 1. The average Bonchev–Trinajstić information content (AvgIpc) is 2.82. The maximum Gasteiger partial charge on any atom is 0.270 e. The van der Waals surface area contributed by atoms with Crippen LogP contribution in [0.4, 0.5) is 5.69 Å². The fourth-order valence-electron chi connectivity index (χ4n) is 2.20. The number of fused-ring (bicyclic) bond motifs is 1. The van der Waals surface area contributed by atoms with Gasteiger partial charge in [-0.25, -0.2) is 0 Å². The van der Waals surface area contributed by atoms with Gasteiger partial charge in [-0.3, -0.25) is 18.9 Å². The zero-order valence-corrected chi connectivity index (χ0v) is 11.9. The lowest BCUT2D eigenvalue weighted by atomic mass is 10.1. The molecule has 0 aliphatic carbocycles. The highest BCUT2D eigenvalue weighted by Gasteiger charge is 2.12. The van der Waals surface area contributed by atoms with E-state index in [0.717, 1.165) is 16.7 Å². The molecule has 1 heterocycles. The number of nitro benzene ring substituents is 1. The van der Waals surface area contributed by atoms with Crippen LogP contribution in [-0.2, 0) is 13.0 Å². The van der Waals surface area contributed by atoms with Crippen molar-refractivity contribution in [1.82, 2.24) is 3.96 Å². The summed E-state index contributed by atoms with van der Waals surface area (Å²) in [7, 11) is 0. The molecular weight excluding hydrogens is 288 g/mol. The van der Waals surface area contributed by atoms with Gasteiger partial charge in [-0.15, -0.1) is 0 Å². The zero-order chi connectivity index (χ0) is 14.8. The molecule has 5 nitrogen and oxygen atoms in total. The number of non-ortho nitro benzene ring substituents is 1. The molecular formula is C15H12N2O3S. The molecule has 0 aliphatic rings.